The van der Waals surface area contributed by atoms with Crippen molar-refractivity contribution in [3.05, 3.63) is 58.9 Å². The third kappa shape index (κ3) is 6.31. The van der Waals surface area contributed by atoms with Crippen LogP contribution in [0.2, 0.25) is 5.15 Å². The molecule has 0 unspecified atom stereocenters. The maximum atomic E-state index is 5.85. The number of nitrogens with two attached hydrogens (primary N) is 1. The van der Waals surface area contributed by atoms with E-state index in [9.17, 15) is 0 Å². The lowest BCUT2D eigenvalue weighted by Crippen LogP contribution is -2.23. The normalized spacial score (nSPS) is 10.9. The minimum atomic E-state index is 0. The first-order valence-electron chi connectivity index (χ1n) is 6.37. The van der Waals surface area contributed by atoms with Crippen molar-refractivity contribution in [1.29, 1.82) is 0 Å². The van der Waals surface area contributed by atoms with Gasteiger partial charge >= 0.3 is 0 Å². The molecule has 21 heavy (non-hydrogen) atoms. The first kappa shape index (κ1) is 17.7. The second-order valence-electron chi connectivity index (χ2n) is 4.50. The third-order valence-electron chi connectivity index (χ3n) is 2.76. The third-order valence-corrected chi connectivity index (χ3v) is 2.99. The number of aliphatic imine (C=N–C) groups is 1. The van der Waals surface area contributed by atoms with Crippen LogP contribution in [0.15, 0.2) is 47.6 Å². The molecule has 0 saturated heterocycles. The van der Waals surface area contributed by atoms with E-state index in [0.29, 0.717) is 17.7 Å². The average Bonchev–Trinajstić information content (AvgIpc) is 2.41. The van der Waals surface area contributed by atoms with Crippen molar-refractivity contribution >= 4 is 47.2 Å². The van der Waals surface area contributed by atoms with Crippen molar-refractivity contribution in [3.63, 3.8) is 0 Å². The highest BCUT2D eigenvalue weighted by molar-refractivity contribution is 14.0. The molecule has 0 bridgehead atoms. The molecule has 0 radical (unpaired) electrons. The van der Waals surface area contributed by atoms with Gasteiger partial charge in [-0.15, -0.1) is 24.0 Å². The first-order valence-corrected chi connectivity index (χ1v) is 6.75. The Hall–Kier alpha value is -1.34. The minimum absolute atomic E-state index is 0. The quantitative estimate of drug-likeness (QED) is 0.346. The monoisotopic (exact) mass is 416 g/mol. The van der Waals surface area contributed by atoms with Gasteiger partial charge in [-0.25, -0.2) is 4.98 Å². The average molecular weight is 417 g/mol. The Bertz CT molecular complexity index is 599. The van der Waals surface area contributed by atoms with Crippen molar-refractivity contribution in [2.45, 2.75) is 13.3 Å². The minimum Gasteiger partial charge on any atom is -0.370 e. The second kappa shape index (κ2) is 8.84. The van der Waals surface area contributed by atoms with Crippen LogP contribution in [0.3, 0.4) is 0 Å². The van der Waals surface area contributed by atoms with E-state index in [1.54, 1.807) is 12.3 Å². The van der Waals surface area contributed by atoms with Gasteiger partial charge in [0.05, 0.1) is 0 Å². The lowest BCUT2D eigenvalue weighted by atomic mass is 10.2. The van der Waals surface area contributed by atoms with Gasteiger partial charge in [0.15, 0.2) is 5.96 Å². The van der Waals surface area contributed by atoms with Crippen molar-refractivity contribution in [2.75, 3.05) is 11.9 Å². The van der Waals surface area contributed by atoms with Crippen LogP contribution >= 0.6 is 35.6 Å². The molecule has 2 rings (SSSR count). The van der Waals surface area contributed by atoms with Crippen LogP contribution in [-0.2, 0) is 6.42 Å². The van der Waals surface area contributed by atoms with Gasteiger partial charge in [0.1, 0.15) is 5.15 Å². The molecule has 3 N–H and O–H groups in total. The van der Waals surface area contributed by atoms with Gasteiger partial charge in [-0.1, -0.05) is 29.8 Å². The van der Waals surface area contributed by atoms with Gasteiger partial charge in [-0.05, 0) is 42.7 Å². The summed E-state index contributed by atoms with van der Waals surface area (Å²) in [6.07, 6.45) is 2.53. The first-order chi connectivity index (χ1) is 9.63. The number of benzene rings is 1. The van der Waals surface area contributed by atoms with Crippen molar-refractivity contribution in [2.24, 2.45) is 10.7 Å². The number of nitrogens with zero attached hydrogens (tertiary/aromatic N) is 2. The van der Waals surface area contributed by atoms with Gasteiger partial charge in [0.2, 0.25) is 0 Å². The Morgan fingerprint density at radius 1 is 1.33 bits per heavy atom. The fourth-order valence-corrected chi connectivity index (χ4v) is 1.88. The van der Waals surface area contributed by atoms with E-state index in [1.165, 1.54) is 5.56 Å². The van der Waals surface area contributed by atoms with Crippen LogP contribution in [0, 0.1) is 6.92 Å². The van der Waals surface area contributed by atoms with E-state index < -0.39 is 0 Å². The van der Waals surface area contributed by atoms with E-state index in [4.69, 9.17) is 17.3 Å². The summed E-state index contributed by atoms with van der Waals surface area (Å²) in [5.74, 6) is 0.414. The molecule has 0 atom stereocenters. The summed E-state index contributed by atoms with van der Waals surface area (Å²) in [5.41, 5.74) is 9.05. The molecule has 1 aromatic carbocycles. The van der Waals surface area contributed by atoms with Crippen molar-refractivity contribution < 1.29 is 0 Å². The summed E-state index contributed by atoms with van der Waals surface area (Å²) >= 11 is 5.73. The van der Waals surface area contributed by atoms with Gasteiger partial charge in [0.25, 0.3) is 0 Å². The summed E-state index contributed by atoms with van der Waals surface area (Å²) in [6, 6.07) is 11.7. The van der Waals surface area contributed by atoms with Gasteiger partial charge in [-0.2, -0.15) is 0 Å². The number of rotatable bonds is 4. The molecule has 4 nitrogen and oxygen atoms in total. The van der Waals surface area contributed by atoms with Crippen LogP contribution < -0.4 is 11.1 Å². The van der Waals surface area contributed by atoms with Crippen LogP contribution in [0.25, 0.3) is 0 Å². The molecule has 1 aromatic heterocycles. The summed E-state index contributed by atoms with van der Waals surface area (Å²) in [4.78, 5) is 8.31. The molecular weight excluding hydrogens is 399 g/mol. The largest absolute Gasteiger partial charge is 0.370 e. The van der Waals surface area contributed by atoms with E-state index in [0.717, 1.165) is 17.7 Å². The van der Waals surface area contributed by atoms with E-state index in [-0.39, 0.29) is 24.0 Å². The van der Waals surface area contributed by atoms with Gasteiger partial charge in [-0.3, -0.25) is 4.99 Å². The number of hydrogen-bond acceptors (Lipinski definition) is 2. The fourth-order valence-electron chi connectivity index (χ4n) is 1.77. The highest BCUT2D eigenvalue weighted by Gasteiger charge is 1.97. The van der Waals surface area contributed by atoms with Gasteiger partial charge < -0.3 is 11.1 Å². The van der Waals surface area contributed by atoms with Crippen LogP contribution in [0.1, 0.15) is 11.1 Å². The van der Waals surface area contributed by atoms with Crippen molar-refractivity contribution in [3.8, 4) is 0 Å². The number of pyridine rings is 1. The Labute approximate surface area is 146 Å². The predicted molar refractivity (Wildman–Crippen MR) is 99.7 cm³/mol. The summed E-state index contributed by atoms with van der Waals surface area (Å²) in [6.45, 7) is 2.64. The molecule has 0 amide bonds. The fraction of sp³-hybridized carbons (Fsp3) is 0.200. The van der Waals surface area contributed by atoms with E-state index in [1.807, 2.05) is 37.3 Å². The molecule has 0 aliphatic carbocycles. The maximum absolute atomic E-state index is 5.85. The number of aromatic nitrogens is 1. The van der Waals surface area contributed by atoms with Crippen LogP contribution in [-0.4, -0.2) is 17.5 Å². The molecule has 6 heteroatoms. The SMILES string of the molecule is Cc1cccc(NC(N)=NCCc2ccc(Cl)nc2)c1.I. The zero-order chi connectivity index (χ0) is 14.4. The molecule has 1 heterocycles. The maximum Gasteiger partial charge on any atom is 0.193 e. The number of hydrogen-bond donors (Lipinski definition) is 2. The Morgan fingerprint density at radius 2 is 2.14 bits per heavy atom. The molecule has 0 aliphatic rings. The molecular formula is C15H18ClIN4. The number of halogens is 2. The Balaban J connectivity index is 0.00000220. The summed E-state index contributed by atoms with van der Waals surface area (Å²) in [5, 5.41) is 3.57. The number of aryl methyl sites for hydroxylation is 1. The zero-order valence-electron chi connectivity index (χ0n) is 11.7. The summed E-state index contributed by atoms with van der Waals surface area (Å²) < 4.78 is 0. The molecule has 0 aliphatic heterocycles. The highest BCUT2D eigenvalue weighted by Crippen LogP contribution is 2.09. The summed E-state index contributed by atoms with van der Waals surface area (Å²) in [7, 11) is 0. The van der Waals surface area contributed by atoms with Crippen LogP contribution in [0.5, 0.6) is 0 Å². The Kier molecular flexibility index (Phi) is 7.45. The van der Waals surface area contributed by atoms with Crippen LogP contribution in [0.4, 0.5) is 5.69 Å². The molecule has 0 saturated carbocycles. The predicted octanol–water partition coefficient (Wildman–Crippen LogP) is 3.63. The van der Waals surface area contributed by atoms with E-state index in [2.05, 4.69) is 15.3 Å². The number of anilines is 1. The lowest BCUT2D eigenvalue weighted by Gasteiger charge is -2.06. The highest BCUT2D eigenvalue weighted by atomic mass is 127. The molecule has 0 fully saturated rings. The number of nitrogens with one attached hydrogen (secondary N) is 1. The van der Waals surface area contributed by atoms with E-state index >= 15 is 0 Å². The molecule has 112 valence electrons. The smallest absolute Gasteiger partial charge is 0.193 e. The standard InChI is InChI=1S/C15H17ClN4.HI/c1-11-3-2-4-13(9-11)20-15(17)18-8-7-12-5-6-14(16)19-10-12;/h2-6,9-10H,7-8H2,1H3,(H3,17,18,20);1H. The lowest BCUT2D eigenvalue weighted by molar-refractivity contribution is 0.955. The molecule has 2 aromatic rings. The zero-order valence-corrected chi connectivity index (χ0v) is 14.8. The molecule has 0 spiro atoms. The second-order valence-corrected chi connectivity index (χ2v) is 4.89. The Morgan fingerprint density at radius 3 is 2.81 bits per heavy atom. The van der Waals surface area contributed by atoms with Gasteiger partial charge in [0, 0.05) is 18.4 Å². The number of guanidine groups is 1. The van der Waals surface area contributed by atoms with Crippen molar-refractivity contribution in [1.82, 2.24) is 4.98 Å². The topological polar surface area (TPSA) is 63.3 Å².